The van der Waals surface area contributed by atoms with Gasteiger partial charge >= 0.3 is 29.6 Å². The van der Waals surface area contributed by atoms with Crippen LogP contribution in [-0.2, 0) is 10.1 Å². The molecule has 0 fully saturated rings. The maximum atomic E-state index is 10.0. The van der Waals surface area contributed by atoms with Crippen LogP contribution in [0.2, 0.25) is 0 Å². The molecule has 0 aromatic rings. The van der Waals surface area contributed by atoms with Crippen LogP contribution in [0, 0.1) is 0 Å². The second-order valence-electron chi connectivity index (χ2n) is 1.81. The summed E-state index contributed by atoms with van der Waals surface area (Å²) in [5.41, 5.74) is 0. The molecule has 10 heavy (non-hydrogen) atoms. The third kappa shape index (κ3) is 3.29. The van der Waals surface area contributed by atoms with Crippen molar-refractivity contribution in [2.24, 2.45) is 0 Å². The van der Waals surface area contributed by atoms with Gasteiger partial charge in [-0.25, -0.2) is 0 Å². The average molecular weight is 180 g/mol. The van der Waals surface area contributed by atoms with E-state index in [2.05, 4.69) is 0 Å². The van der Waals surface area contributed by atoms with E-state index in [1.165, 1.54) is 0 Å². The fraction of sp³-hybridized carbons (Fsp3) is 1.00. The first kappa shape index (κ1) is 13.4. The Morgan fingerprint density at radius 1 is 1.60 bits per heavy atom. The summed E-state index contributed by atoms with van der Waals surface area (Å²) in [4.78, 5) is -2.44. The van der Waals surface area contributed by atoms with E-state index < -0.39 is 21.7 Å². The summed E-state index contributed by atoms with van der Waals surface area (Å²) in [5.74, 6) is 0. The van der Waals surface area contributed by atoms with E-state index in [0.717, 1.165) is 6.92 Å². The molecule has 0 aliphatic carbocycles. The average Bonchev–Trinajstić information content (AvgIpc) is 1.64. The Morgan fingerprint density at radius 2 is 1.90 bits per heavy atom. The van der Waals surface area contributed by atoms with Gasteiger partial charge in [-0.1, -0.05) is 0 Å². The molecule has 5 nitrogen and oxygen atoms in total. The molecule has 0 heterocycles. The third-order valence-corrected chi connectivity index (χ3v) is 2.09. The number of hydrogen-bond donors (Lipinski definition) is 3. The topological polar surface area (TPSA) is 94.8 Å². The first-order chi connectivity index (χ1) is 3.81. The van der Waals surface area contributed by atoms with Crippen molar-refractivity contribution in [1.29, 1.82) is 0 Å². The summed E-state index contributed by atoms with van der Waals surface area (Å²) in [6, 6.07) is 0. The molecule has 0 aromatic carbocycles. The van der Waals surface area contributed by atoms with E-state index in [0.29, 0.717) is 0 Å². The Hall–Kier alpha value is 0.830. The van der Waals surface area contributed by atoms with Gasteiger partial charge in [0.25, 0.3) is 10.1 Å². The second kappa shape index (κ2) is 4.01. The van der Waals surface area contributed by atoms with E-state index in [1.54, 1.807) is 0 Å². The number of rotatable bonds is 2. The molecule has 1 atom stereocenters. The quantitative estimate of drug-likeness (QED) is 0.295. The fourth-order valence-electron chi connectivity index (χ4n) is 0.0816. The number of aliphatic hydroxyl groups is 2. The minimum atomic E-state index is -4.55. The van der Waals surface area contributed by atoms with Crippen LogP contribution in [0.1, 0.15) is 8.35 Å². The minimum absolute atomic E-state index is 0. The van der Waals surface area contributed by atoms with Crippen LogP contribution < -0.4 is 29.6 Å². The Balaban J connectivity index is -0.000000320. The summed E-state index contributed by atoms with van der Waals surface area (Å²) in [6.07, 6.45) is 0. The van der Waals surface area contributed by atoms with Crippen LogP contribution in [0.25, 0.3) is 0 Å². The summed E-state index contributed by atoms with van der Waals surface area (Å²) >= 11 is 0. The Morgan fingerprint density at radius 3 is 1.90 bits per heavy atom. The predicted molar refractivity (Wildman–Crippen MR) is 30.4 cm³/mol. The van der Waals surface area contributed by atoms with Crippen LogP contribution in [0.4, 0.5) is 0 Å². The van der Waals surface area contributed by atoms with E-state index in [1.807, 2.05) is 0 Å². The van der Waals surface area contributed by atoms with Crippen molar-refractivity contribution in [3.05, 3.63) is 0 Å². The molecule has 0 aromatic heterocycles. The molecular weight excluding hydrogens is 171 g/mol. The molecule has 1 unspecified atom stereocenters. The van der Waals surface area contributed by atoms with Crippen molar-refractivity contribution in [3.8, 4) is 0 Å². The summed E-state index contributed by atoms with van der Waals surface area (Å²) in [5, 5.41) is 16.7. The molecule has 0 saturated carbocycles. The van der Waals surface area contributed by atoms with Gasteiger partial charge in [0.05, 0.1) is 6.61 Å². The molecular formula is C3H9NaO5S. The Kier molecular flexibility index (Phi) is 5.38. The SMILES string of the molecule is CC(O)(CO)S(=O)(=O)O.[H-].[Na+]. The van der Waals surface area contributed by atoms with Crippen LogP contribution in [0.3, 0.4) is 0 Å². The molecule has 0 amide bonds. The fourth-order valence-corrected chi connectivity index (χ4v) is 0.245. The maximum Gasteiger partial charge on any atom is 1.00 e. The molecule has 0 aliphatic rings. The Labute approximate surface area is 82.6 Å². The van der Waals surface area contributed by atoms with E-state index in [4.69, 9.17) is 14.8 Å². The van der Waals surface area contributed by atoms with Crippen molar-refractivity contribution in [2.45, 2.75) is 11.9 Å². The molecule has 0 aliphatic heterocycles. The molecule has 0 bridgehead atoms. The molecule has 58 valence electrons. The molecule has 0 spiro atoms. The van der Waals surface area contributed by atoms with Crippen LogP contribution in [-0.4, -0.2) is 34.7 Å². The van der Waals surface area contributed by atoms with E-state index in [9.17, 15) is 8.42 Å². The molecule has 7 heteroatoms. The number of aliphatic hydroxyl groups excluding tert-OH is 1. The minimum Gasteiger partial charge on any atom is -1.00 e. The molecule has 3 N–H and O–H groups in total. The predicted octanol–water partition coefficient (Wildman–Crippen LogP) is -4.31. The van der Waals surface area contributed by atoms with Crippen molar-refractivity contribution < 1.29 is 54.2 Å². The van der Waals surface area contributed by atoms with Gasteiger partial charge in [-0.3, -0.25) is 4.55 Å². The zero-order valence-electron chi connectivity index (χ0n) is 6.77. The van der Waals surface area contributed by atoms with Crippen molar-refractivity contribution >= 4 is 10.1 Å². The Bertz CT molecular complexity index is 188. The van der Waals surface area contributed by atoms with Crippen molar-refractivity contribution in [2.75, 3.05) is 6.61 Å². The first-order valence-corrected chi connectivity index (χ1v) is 3.55. The zero-order valence-corrected chi connectivity index (χ0v) is 8.59. The standard InChI is InChI=1S/C3H8O5S.Na.H/c1-3(5,2-4)9(6,7)8;;/h4-5H,2H2,1H3,(H,6,7,8);;/q;+1;-1. The normalized spacial score (nSPS) is 17.2. The van der Waals surface area contributed by atoms with E-state index in [-0.39, 0.29) is 31.0 Å². The first-order valence-electron chi connectivity index (χ1n) is 2.11. The van der Waals surface area contributed by atoms with Gasteiger partial charge in [0.15, 0.2) is 0 Å². The molecule has 0 radical (unpaired) electrons. The van der Waals surface area contributed by atoms with Gasteiger partial charge in [-0.15, -0.1) is 0 Å². The summed E-state index contributed by atoms with van der Waals surface area (Å²) in [7, 11) is -4.55. The van der Waals surface area contributed by atoms with Gasteiger partial charge in [0, 0.05) is 0 Å². The van der Waals surface area contributed by atoms with E-state index >= 15 is 0 Å². The monoisotopic (exact) mass is 180 g/mol. The van der Waals surface area contributed by atoms with Crippen molar-refractivity contribution in [3.63, 3.8) is 0 Å². The molecule has 0 saturated heterocycles. The summed E-state index contributed by atoms with van der Waals surface area (Å²) < 4.78 is 28.2. The summed E-state index contributed by atoms with van der Waals surface area (Å²) in [6.45, 7) is -0.228. The molecule has 0 rings (SSSR count). The van der Waals surface area contributed by atoms with Crippen LogP contribution >= 0.6 is 0 Å². The second-order valence-corrected chi connectivity index (χ2v) is 3.64. The number of hydrogen-bond acceptors (Lipinski definition) is 4. The smallest absolute Gasteiger partial charge is 1.00 e. The maximum absolute atomic E-state index is 10.0. The van der Waals surface area contributed by atoms with Gasteiger partial charge in [0.1, 0.15) is 0 Å². The van der Waals surface area contributed by atoms with Crippen LogP contribution in [0.15, 0.2) is 0 Å². The van der Waals surface area contributed by atoms with Gasteiger partial charge in [-0.2, -0.15) is 8.42 Å². The van der Waals surface area contributed by atoms with Crippen LogP contribution in [0.5, 0.6) is 0 Å². The zero-order chi connectivity index (χ0) is 7.71. The van der Waals surface area contributed by atoms with Gasteiger partial charge in [0.2, 0.25) is 4.93 Å². The van der Waals surface area contributed by atoms with Gasteiger partial charge in [-0.05, 0) is 6.92 Å². The third-order valence-electron chi connectivity index (χ3n) is 0.849. The van der Waals surface area contributed by atoms with Crippen molar-refractivity contribution in [1.82, 2.24) is 0 Å². The van der Waals surface area contributed by atoms with Gasteiger partial charge < -0.3 is 11.6 Å². The largest absolute Gasteiger partial charge is 1.00 e.